The van der Waals surface area contributed by atoms with Crippen LogP contribution in [-0.2, 0) is 4.79 Å². The summed E-state index contributed by atoms with van der Waals surface area (Å²) < 4.78 is 0. The third kappa shape index (κ3) is 2.19. The Morgan fingerprint density at radius 3 is 3.00 bits per heavy atom. The maximum absolute atomic E-state index is 10.4. The molecule has 5 nitrogen and oxygen atoms in total. The van der Waals surface area contributed by atoms with Gasteiger partial charge in [-0.25, -0.2) is 0 Å². The highest BCUT2D eigenvalue weighted by molar-refractivity contribution is 5.76. The number of carboxylic acids is 1. The minimum Gasteiger partial charge on any atom is -0.480 e. The minimum atomic E-state index is -0.916. The number of nitrogens with zero attached hydrogens (tertiary/aromatic N) is 2. The van der Waals surface area contributed by atoms with Gasteiger partial charge in [-0.15, -0.1) is 5.10 Å². The van der Waals surface area contributed by atoms with Gasteiger partial charge in [0.05, 0.1) is 0 Å². The van der Waals surface area contributed by atoms with E-state index in [-0.39, 0.29) is 0 Å². The van der Waals surface area contributed by atoms with E-state index in [1.807, 2.05) is 0 Å². The Bertz CT molecular complexity index is 263. The van der Waals surface area contributed by atoms with Gasteiger partial charge >= 0.3 is 5.97 Å². The molecule has 12 heavy (non-hydrogen) atoms. The van der Waals surface area contributed by atoms with Crippen molar-refractivity contribution < 1.29 is 9.90 Å². The molecule has 0 fully saturated rings. The van der Waals surface area contributed by atoms with Gasteiger partial charge in [0.25, 0.3) is 0 Å². The van der Waals surface area contributed by atoms with Crippen LogP contribution < -0.4 is 5.32 Å². The van der Waals surface area contributed by atoms with Crippen LogP contribution in [0.15, 0.2) is 18.3 Å². The van der Waals surface area contributed by atoms with Crippen molar-refractivity contribution in [3.05, 3.63) is 18.3 Å². The van der Waals surface area contributed by atoms with Gasteiger partial charge in [0.15, 0.2) is 0 Å². The molecule has 0 aliphatic rings. The lowest BCUT2D eigenvalue weighted by molar-refractivity contribution is -0.137. The van der Waals surface area contributed by atoms with E-state index in [0.717, 1.165) is 0 Å². The molecule has 5 heteroatoms. The van der Waals surface area contributed by atoms with Gasteiger partial charge in [0.2, 0.25) is 0 Å². The first-order valence-electron chi connectivity index (χ1n) is 3.47. The molecule has 0 unspecified atom stereocenters. The summed E-state index contributed by atoms with van der Waals surface area (Å²) in [5.74, 6) is -0.451. The fraction of sp³-hybridized carbons (Fsp3) is 0.286. The summed E-state index contributed by atoms with van der Waals surface area (Å²) in [6.07, 6.45) is 1.52. The van der Waals surface area contributed by atoms with Crippen LogP contribution in [0.2, 0.25) is 0 Å². The molecule has 0 saturated heterocycles. The largest absolute Gasteiger partial charge is 0.480 e. The highest BCUT2D eigenvalue weighted by atomic mass is 16.4. The highest BCUT2D eigenvalue weighted by Crippen LogP contribution is 2.00. The Morgan fingerprint density at radius 1 is 1.75 bits per heavy atom. The van der Waals surface area contributed by atoms with Gasteiger partial charge in [0, 0.05) is 6.20 Å². The van der Waals surface area contributed by atoms with E-state index in [1.165, 1.54) is 13.1 Å². The molecule has 0 aliphatic heterocycles. The van der Waals surface area contributed by atoms with Crippen molar-refractivity contribution in [3.8, 4) is 0 Å². The average molecular weight is 167 g/mol. The van der Waals surface area contributed by atoms with E-state index in [0.29, 0.717) is 5.82 Å². The number of anilines is 1. The maximum Gasteiger partial charge on any atom is 0.325 e. The second-order valence-corrected chi connectivity index (χ2v) is 2.31. The smallest absolute Gasteiger partial charge is 0.325 e. The maximum atomic E-state index is 10.4. The molecular weight excluding hydrogens is 158 g/mol. The van der Waals surface area contributed by atoms with Crippen LogP contribution in [0.5, 0.6) is 0 Å². The third-order valence-electron chi connectivity index (χ3n) is 1.31. The molecule has 0 radical (unpaired) electrons. The van der Waals surface area contributed by atoms with E-state index in [9.17, 15) is 4.79 Å². The summed E-state index contributed by atoms with van der Waals surface area (Å²) >= 11 is 0. The molecule has 0 amide bonds. The number of rotatable bonds is 3. The molecular formula is C7H9N3O2. The van der Waals surface area contributed by atoms with Gasteiger partial charge in [0.1, 0.15) is 11.9 Å². The third-order valence-corrected chi connectivity index (χ3v) is 1.31. The van der Waals surface area contributed by atoms with Crippen LogP contribution in [0, 0.1) is 0 Å². The summed E-state index contributed by atoms with van der Waals surface area (Å²) in [6, 6.07) is 2.69. The quantitative estimate of drug-likeness (QED) is 0.679. The van der Waals surface area contributed by atoms with Crippen molar-refractivity contribution in [2.24, 2.45) is 0 Å². The van der Waals surface area contributed by atoms with E-state index in [4.69, 9.17) is 5.11 Å². The molecule has 2 N–H and O–H groups in total. The second kappa shape index (κ2) is 3.66. The molecule has 0 aromatic carbocycles. The number of aromatic nitrogens is 2. The lowest BCUT2D eigenvalue weighted by Crippen LogP contribution is -2.25. The van der Waals surface area contributed by atoms with Crippen molar-refractivity contribution in [1.29, 1.82) is 0 Å². The number of hydrogen-bond donors (Lipinski definition) is 2. The fourth-order valence-electron chi connectivity index (χ4n) is 0.662. The molecule has 0 saturated carbocycles. The summed E-state index contributed by atoms with van der Waals surface area (Å²) in [6.45, 7) is 1.54. The van der Waals surface area contributed by atoms with Crippen LogP contribution in [-0.4, -0.2) is 27.3 Å². The number of hydrogen-bond acceptors (Lipinski definition) is 4. The first-order valence-corrected chi connectivity index (χ1v) is 3.47. The first kappa shape index (κ1) is 8.45. The SMILES string of the molecule is C[C@H](Nc1cccnn1)C(=O)O. The molecule has 64 valence electrons. The van der Waals surface area contributed by atoms with Gasteiger partial charge in [-0.05, 0) is 19.1 Å². The fourth-order valence-corrected chi connectivity index (χ4v) is 0.662. The Kier molecular flexibility index (Phi) is 2.57. The second-order valence-electron chi connectivity index (χ2n) is 2.31. The molecule has 0 spiro atoms. The van der Waals surface area contributed by atoms with Gasteiger partial charge in [-0.1, -0.05) is 0 Å². The normalized spacial score (nSPS) is 12.1. The number of nitrogens with one attached hydrogen (secondary N) is 1. The summed E-state index contributed by atoms with van der Waals surface area (Å²) in [7, 11) is 0. The van der Waals surface area contributed by atoms with Gasteiger partial charge in [-0.3, -0.25) is 4.79 Å². The predicted octanol–water partition coefficient (Wildman–Crippen LogP) is 0.362. The van der Waals surface area contributed by atoms with E-state index < -0.39 is 12.0 Å². The number of carboxylic acid groups (broad SMARTS) is 1. The topological polar surface area (TPSA) is 75.1 Å². The van der Waals surface area contributed by atoms with Crippen LogP contribution in [0.3, 0.4) is 0 Å². The monoisotopic (exact) mass is 167 g/mol. The minimum absolute atomic E-state index is 0.465. The van der Waals surface area contributed by atoms with Crippen molar-refractivity contribution in [3.63, 3.8) is 0 Å². The Hall–Kier alpha value is -1.65. The van der Waals surface area contributed by atoms with Crippen molar-refractivity contribution in [2.45, 2.75) is 13.0 Å². The molecule has 1 heterocycles. The lowest BCUT2D eigenvalue weighted by atomic mass is 10.3. The zero-order valence-corrected chi connectivity index (χ0v) is 6.56. The average Bonchev–Trinajstić information content (AvgIpc) is 2.06. The van der Waals surface area contributed by atoms with Crippen molar-refractivity contribution in [2.75, 3.05) is 5.32 Å². The Morgan fingerprint density at radius 2 is 2.50 bits per heavy atom. The Labute approximate surface area is 69.4 Å². The van der Waals surface area contributed by atoms with Crippen LogP contribution in [0.4, 0.5) is 5.82 Å². The lowest BCUT2D eigenvalue weighted by Gasteiger charge is -2.07. The Balaban J connectivity index is 2.58. The van der Waals surface area contributed by atoms with Crippen molar-refractivity contribution >= 4 is 11.8 Å². The number of carbonyl (C=O) groups is 1. The first-order chi connectivity index (χ1) is 5.70. The van der Waals surface area contributed by atoms with Crippen LogP contribution in [0.25, 0.3) is 0 Å². The van der Waals surface area contributed by atoms with Crippen LogP contribution in [0.1, 0.15) is 6.92 Å². The molecule has 0 bridgehead atoms. The van der Waals surface area contributed by atoms with Crippen molar-refractivity contribution in [1.82, 2.24) is 10.2 Å². The molecule has 1 aromatic rings. The standard InChI is InChI=1S/C7H9N3O2/c1-5(7(11)12)9-6-3-2-4-8-10-6/h2-5H,1H3,(H,9,10)(H,11,12)/t5-/m0/s1. The molecule has 1 atom stereocenters. The van der Waals surface area contributed by atoms with E-state index in [2.05, 4.69) is 15.5 Å². The van der Waals surface area contributed by atoms with Crippen LogP contribution >= 0.6 is 0 Å². The summed E-state index contributed by atoms with van der Waals surface area (Å²) in [5, 5.41) is 18.5. The van der Waals surface area contributed by atoms with Gasteiger partial charge < -0.3 is 10.4 Å². The van der Waals surface area contributed by atoms with E-state index >= 15 is 0 Å². The molecule has 1 rings (SSSR count). The zero-order chi connectivity index (χ0) is 8.97. The van der Waals surface area contributed by atoms with E-state index in [1.54, 1.807) is 12.1 Å². The highest BCUT2D eigenvalue weighted by Gasteiger charge is 2.09. The summed E-state index contributed by atoms with van der Waals surface area (Å²) in [4.78, 5) is 10.4. The predicted molar refractivity (Wildman–Crippen MR) is 42.8 cm³/mol. The summed E-state index contributed by atoms with van der Waals surface area (Å²) in [5.41, 5.74) is 0. The molecule has 0 aliphatic carbocycles. The zero-order valence-electron chi connectivity index (χ0n) is 6.56. The molecule has 1 aromatic heterocycles. The number of aliphatic carboxylic acids is 1. The van der Waals surface area contributed by atoms with Gasteiger partial charge in [-0.2, -0.15) is 5.10 Å².